The van der Waals surface area contributed by atoms with Crippen molar-refractivity contribution in [2.24, 2.45) is 0 Å². The lowest BCUT2D eigenvalue weighted by molar-refractivity contribution is -0.153. The van der Waals surface area contributed by atoms with E-state index in [1.165, 1.54) is 6.92 Å². The number of rotatable bonds is 8. The molecule has 0 heterocycles. The van der Waals surface area contributed by atoms with E-state index in [0.717, 1.165) is 17.2 Å². The Hall–Kier alpha value is -3.89. The van der Waals surface area contributed by atoms with Crippen LogP contribution in [0.15, 0.2) is 30.3 Å². The highest BCUT2D eigenvalue weighted by Gasteiger charge is 2.20. The lowest BCUT2D eigenvalue weighted by Crippen LogP contribution is -2.41. The third-order valence-electron chi connectivity index (χ3n) is 4.29. The van der Waals surface area contributed by atoms with Gasteiger partial charge in [0.1, 0.15) is 6.54 Å². The molecule has 1 unspecified atom stereocenters. The number of carbonyl (C=O) groups excluding carboxylic acids is 4. The standard InChI is InChI=1S/C22H22F3N3O5/c1-11-6-12(2)8-14(7-11)22(32)27-10-18(30)33-13(3)21(31)26-9-17(29)28-16-5-4-15(23)19(24)20(16)25/h4-8,13H,9-10H2,1-3H3,(H,26,31)(H,27,32)(H,28,29). The molecule has 0 aliphatic carbocycles. The summed E-state index contributed by atoms with van der Waals surface area (Å²) in [5.41, 5.74) is 1.52. The number of halogens is 3. The van der Waals surface area contributed by atoms with Gasteiger partial charge >= 0.3 is 5.97 Å². The molecular formula is C22H22F3N3O5. The third-order valence-corrected chi connectivity index (χ3v) is 4.29. The summed E-state index contributed by atoms with van der Waals surface area (Å²) in [5.74, 6) is -7.89. The van der Waals surface area contributed by atoms with Gasteiger partial charge < -0.3 is 20.7 Å². The van der Waals surface area contributed by atoms with E-state index in [2.05, 4.69) is 10.6 Å². The minimum atomic E-state index is -1.75. The summed E-state index contributed by atoms with van der Waals surface area (Å²) in [5, 5.41) is 6.52. The number of ether oxygens (including phenoxy) is 1. The molecule has 0 aromatic heterocycles. The van der Waals surface area contributed by atoms with E-state index in [1.54, 1.807) is 12.1 Å². The Morgan fingerprint density at radius 3 is 2.18 bits per heavy atom. The second kappa shape index (κ2) is 11.1. The molecule has 3 N–H and O–H groups in total. The summed E-state index contributed by atoms with van der Waals surface area (Å²) >= 11 is 0. The van der Waals surface area contributed by atoms with Crippen LogP contribution in [0.4, 0.5) is 18.9 Å². The van der Waals surface area contributed by atoms with Gasteiger partial charge in [-0.2, -0.15) is 0 Å². The number of hydrogen-bond donors (Lipinski definition) is 3. The van der Waals surface area contributed by atoms with Gasteiger partial charge in [-0.3, -0.25) is 19.2 Å². The Balaban J connectivity index is 1.78. The quantitative estimate of drug-likeness (QED) is 0.408. The summed E-state index contributed by atoms with van der Waals surface area (Å²) in [6, 6.07) is 6.65. The predicted molar refractivity (Wildman–Crippen MR) is 112 cm³/mol. The zero-order valence-corrected chi connectivity index (χ0v) is 18.1. The average Bonchev–Trinajstić information content (AvgIpc) is 2.75. The summed E-state index contributed by atoms with van der Waals surface area (Å²) < 4.78 is 44.6. The lowest BCUT2D eigenvalue weighted by Gasteiger charge is -2.14. The predicted octanol–water partition coefficient (Wildman–Crippen LogP) is 2.14. The number of nitrogens with one attached hydrogen (secondary N) is 3. The lowest BCUT2D eigenvalue weighted by atomic mass is 10.1. The van der Waals surface area contributed by atoms with Crippen LogP contribution in [0.2, 0.25) is 0 Å². The number of anilines is 1. The number of esters is 1. The van der Waals surface area contributed by atoms with Crippen LogP contribution in [0, 0.1) is 31.3 Å². The molecule has 8 nitrogen and oxygen atoms in total. The molecule has 2 aromatic carbocycles. The van der Waals surface area contributed by atoms with Crippen LogP contribution in [0.5, 0.6) is 0 Å². The minimum Gasteiger partial charge on any atom is -0.451 e. The van der Waals surface area contributed by atoms with E-state index in [4.69, 9.17) is 4.74 Å². The third kappa shape index (κ3) is 7.34. The summed E-state index contributed by atoms with van der Waals surface area (Å²) in [4.78, 5) is 47.9. The number of hydrogen-bond acceptors (Lipinski definition) is 5. The maximum atomic E-state index is 13.6. The van der Waals surface area contributed by atoms with Gasteiger partial charge in [-0.1, -0.05) is 17.2 Å². The van der Waals surface area contributed by atoms with E-state index in [1.807, 2.05) is 25.2 Å². The van der Waals surface area contributed by atoms with Crippen LogP contribution in [0.25, 0.3) is 0 Å². The molecular weight excluding hydrogens is 443 g/mol. The van der Waals surface area contributed by atoms with Gasteiger partial charge in [0.15, 0.2) is 23.6 Å². The van der Waals surface area contributed by atoms with E-state index in [-0.39, 0.29) is 0 Å². The van der Waals surface area contributed by atoms with Crippen LogP contribution in [0.3, 0.4) is 0 Å². The zero-order valence-electron chi connectivity index (χ0n) is 18.1. The molecule has 33 heavy (non-hydrogen) atoms. The normalized spacial score (nSPS) is 11.3. The first-order valence-corrected chi connectivity index (χ1v) is 9.75. The van der Waals surface area contributed by atoms with Gasteiger partial charge in [-0.25, -0.2) is 13.2 Å². The second-order valence-electron chi connectivity index (χ2n) is 7.18. The Morgan fingerprint density at radius 1 is 0.909 bits per heavy atom. The summed E-state index contributed by atoms with van der Waals surface area (Å²) in [6.07, 6.45) is -1.30. The molecule has 0 spiro atoms. The molecule has 1 atom stereocenters. The van der Waals surface area contributed by atoms with Crippen molar-refractivity contribution in [3.05, 3.63) is 64.5 Å². The number of aryl methyl sites for hydroxylation is 2. The first kappa shape index (κ1) is 25.4. The minimum absolute atomic E-state index is 0.370. The topological polar surface area (TPSA) is 114 Å². The van der Waals surface area contributed by atoms with Gasteiger partial charge in [-0.15, -0.1) is 0 Å². The molecule has 0 bridgehead atoms. The van der Waals surface area contributed by atoms with Gasteiger partial charge in [-0.05, 0) is 45.0 Å². The fraction of sp³-hybridized carbons (Fsp3) is 0.273. The molecule has 2 aromatic rings. The van der Waals surface area contributed by atoms with Crippen molar-refractivity contribution in [3.63, 3.8) is 0 Å². The zero-order chi connectivity index (χ0) is 24.7. The fourth-order valence-electron chi connectivity index (χ4n) is 2.78. The number of benzene rings is 2. The van der Waals surface area contributed by atoms with Gasteiger partial charge in [0.05, 0.1) is 12.2 Å². The largest absolute Gasteiger partial charge is 0.451 e. The first-order valence-electron chi connectivity index (χ1n) is 9.75. The van der Waals surface area contributed by atoms with E-state index in [0.29, 0.717) is 11.6 Å². The van der Waals surface area contributed by atoms with Gasteiger partial charge in [0.2, 0.25) is 5.91 Å². The highest BCUT2D eigenvalue weighted by atomic mass is 19.2. The molecule has 0 fully saturated rings. The summed E-state index contributed by atoms with van der Waals surface area (Å²) in [6.45, 7) is 3.76. The van der Waals surface area contributed by atoms with E-state index in [9.17, 15) is 32.3 Å². The van der Waals surface area contributed by atoms with Crippen LogP contribution >= 0.6 is 0 Å². The van der Waals surface area contributed by atoms with Crippen LogP contribution in [-0.2, 0) is 19.1 Å². The maximum Gasteiger partial charge on any atom is 0.326 e. The average molecular weight is 465 g/mol. The van der Waals surface area contributed by atoms with Gasteiger partial charge in [0, 0.05) is 5.56 Å². The fourth-order valence-corrected chi connectivity index (χ4v) is 2.78. The van der Waals surface area contributed by atoms with Crippen molar-refractivity contribution in [1.82, 2.24) is 10.6 Å². The Labute approximate surface area is 187 Å². The van der Waals surface area contributed by atoms with Crippen LogP contribution < -0.4 is 16.0 Å². The number of carbonyl (C=O) groups is 4. The second-order valence-corrected chi connectivity index (χ2v) is 7.18. The summed E-state index contributed by atoms with van der Waals surface area (Å²) in [7, 11) is 0. The van der Waals surface area contributed by atoms with Crippen molar-refractivity contribution in [1.29, 1.82) is 0 Å². The van der Waals surface area contributed by atoms with Crippen molar-refractivity contribution in [2.45, 2.75) is 26.9 Å². The molecule has 0 saturated heterocycles. The van der Waals surface area contributed by atoms with Crippen molar-refractivity contribution < 1.29 is 37.1 Å². The van der Waals surface area contributed by atoms with Crippen molar-refractivity contribution in [2.75, 3.05) is 18.4 Å². The molecule has 0 saturated carbocycles. The Bertz CT molecular complexity index is 1070. The van der Waals surface area contributed by atoms with Gasteiger partial charge in [0.25, 0.3) is 11.8 Å². The van der Waals surface area contributed by atoms with Crippen LogP contribution in [0.1, 0.15) is 28.4 Å². The SMILES string of the molecule is Cc1cc(C)cc(C(=O)NCC(=O)OC(C)C(=O)NCC(=O)Nc2ccc(F)c(F)c2F)c1. The smallest absolute Gasteiger partial charge is 0.326 e. The Kier molecular flexibility index (Phi) is 8.55. The highest BCUT2D eigenvalue weighted by molar-refractivity contribution is 5.97. The molecule has 0 radical (unpaired) electrons. The van der Waals surface area contributed by atoms with Crippen molar-refractivity contribution >= 4 is 29.4 Å². The van der Waals surface area contributed by atoms with Crippen LogP contribution in [-0.4, -0.2) is 42.9 Å². The van der Waals surface area contributed by atoms with E-state index < -0.39 is 66.0 Å². The molecule has 0 aliphatic rings. The first-order chi connectivity index (χ1) is 15.5. The Morgan fingerprint density at radius 2 is 1.55 bits per heavy atom. The molecule has 3 amide bonds. The maximum absolute atomic E-state index is 13.6. The molecule has 0 aliphatic heterocycles. The molecule has 11 heteroatoms. The van der Waals surface area contributed by atoms with E-state index >= 15 is 0 Å². The van der Waals surface area contributed by atoms with Crippen molar-refractivity contribution in [3.8, 4) is 0 Å². The molecule has 2 rings (SSSR count). The molecule has 176 valence electrons. The highest BCUT2D eigenvalue weighted by Crippen LogP contribution is 2.19. The monoisotopic (exact) mass is 465 g/mol. The number of amides is 3.